The highest BCUT2D eigenvalue weighted by molar-refractivity contribution is 5.77. The molecule has 2 N–H and O–H groups in total. The molecular weight excluding hydrogens is 260 g/mol. The summed E-state index contributed by atoms with van der Waals surface area (Å²) in [5.74, 6) is -1.30. The van der Waals surface area contributed by atoms with E-state index >= 15 is 0 Å². The van der Waals surface area contributed by atoms with Gasteiger partial charge in [0.05, 0.1) is 11.6 Å². The Morgan fingerprint density at radius 2 is 2.25 bits per heavy atom. The number of hydrogen-bond donors (Lipinski definition) is 2. The lowest BCUT2D eigenvalue weighted by atomic mass is 9.99. The van der Waals surface area contributed by atoms with Crippen LogP contribution in [0.2, 0.25) is 0 Å². The minimum absolute atomic E-state index is 0.00552. The molecule has 0 saturated carbocycles. The van der Waals surface area contributed by atoms with Crippen molar-refractivity contribution in [2.45, 2.75) is 13.3 Å². The van der Waals surface area contributed by atoms with Crippen molar-refractivity contribution in [1.29, 1.82) is 0 Å². The molecule has 0 aliphatic carbocycles. The molecule has 7 nitrogen and oxygen atoms in total. The zero-order valence-electron chi connectivity index (χ0n) is 11.7. The number of aryl methyl sites for hydroxylation is 1. The standard InChI is InChI=1S/C13H20N4O3/c1-9-7-17(8-11(9)12(18)19)13(20)14-5-3-10-4-6-16(2)15-10/h4,6,9,11H,3,5,7-8H2,1-2H3,(H,14,20)(H,18,19). The molecule has 1 aliphatic heterocycles. The van der Waals surface area contributed by atoms with Crippen LogP contribution in [0.1, 0.15) is 12.6 Å². The number of carbonyl (C=O) groups is 2. The van der Waals surface area contributed by atoms with Gasteiger partial charge in [-0.05, 0) is 12.0 Å². The van der Waals surface area contributed by atoms with Gasteiger partial charge in [-0.1, -0.05) is 6.92 Å². The number of nitrogens with zero attached hydrogens (tertiary/aromatic N) is 3. The molecule has 2 rings (SSSR count). The second kappa shape index (κ2) is 5.94. The molecule has 1 aliphatic rings. The smallest absolute Gasteiger partial charge is 0.317 e. The number of hydrogen-bond acceptors (Lipinski definition) is 3. The summed E-state index contributed by atoms with van der Waals surface area (Å²) in [6.07, 6.45) is 2.52. The summed E-state index contributed by atoms with van der Waals surface area (Å²) < 4.78 is 1.72. The van der Waals surface area contributed by atoms with E-state index in [2.05, 4.69) is 10.4 Å². The Morgan fingerprint density at radius 3 is 2.80 bits per heavy atom. The topological polar surface area (TPSA) is 87.5 Å². The third-order valence-corrected chi connectivity index (χ3v) is 3.64. The van der Waals surface area contributed by atoms with Crippen LogP contribution < -0.4 is 5.32 Å². The number of aliphatic carboxylic acids is 1. The van der Waals surface area contributed by atoms with Crippen molar-refractivity contribution in [3.63, 3.8) is 0 Å². The number of aromatic nitrogens is 2. The third kappa shape index (κ3) is 3.28. The molecule has 20 heavy (non-hydrogen) atoms. The highest BCUT2D eigenvalue weighted by Gasteiger charge is 2.36. The van der Waals surface area contributed by atoms with Gasteiger partial charge < -0.3 is 15.3 Å². The number of rotatable bonds is 4. The lowest BCUT2D eigenvalue weighted by molar-refractivity contribution is -0.142. The lowest BCUT2D eigenvalue weighted by Gasteiger charge is -2.16. The van der Waals surface area contributed by atoms with E-state index in [9.17, 15) is 9.59 Å². The fourth-order valence-corrected chi connectivity index (χ4v) is 2.46. The van der Waals surface area contributed by atoms with Crippen LogP contribution in [0.15, 0.2) is 12.3 Å². The van der Waals surface area contributed by atoms with Gasteiger partial charge in [-0.25, -0.2) is 4.79 Å². The molecule has 1 fully saturated rings. The molecule has 0 bridgehead atoms. The zero-order chi connectivity index (χ0) is 14.7. The van der Waals surface area contributed by atoms with Gasteiger partial charge in [0.2, 0.25) is 0 Å². The predicted molar refractivity (Wildman–Crippen MR) is 72.2 cm³/mol. The number of likely N-dealkylation sites (tertiary alicyclic amines) is 1. The quantitative estimate of drug-likeness (QED) is 0.831. The van der Waals surface area contributed by atoms with E-state index in [0.717, 1.165) is 5.69 Å². The number of carboxylic acids is 1. The molecule has 110 valence electrons. The van der Waals surface area contributed by atoms with Crippen LogP contribution in [-0.4, -0.2) is 51.4 Å². The van der Waals surface area contributed by atoms with Crippen molar-refractivity contribution in [2.75, 3.05) is 19.6 Å². The maximum absolute atomic E-state index is 12.0. The summed E-state index contributed by atoms with van der Waals surface area (Å²) in [5, 5.41) is 16.1. The highest BCUT2D eigenvalue weighted by atomic mass is 16.4. The Labute approximate surface area is 117 Å². The Morgan fingerprint density at radius 1 is 1.50 bits per heavy atom. The van der Waals surface area contributed by atoms with Gasteiger partial charge in [0.15, 0.2) is 0 Å². The Kier molecular flexibility index (Phi) is 4.26. The van der Waals surface area contributed by atoms with E-state index in [1.54, 1.807) is 9.58 Å². The van der Waals surface area contributed by atoms with Gasteiger partial charge in [-0.3, -0.25) is 9.48 Å². The maximum atomic E-state index is 12.0. The summed E-state index contributed by atoms with van der Waals surface area (Å²) in [4.78, 5) is 24.5. The van der Waals surface area contributed by atoms with E-state index in [0.29, 0.717) is 19.5 Å². The fourth-order valence-electron chi connectivity index (χ4n) is 2.46. The average Bonchev–Trinajstić information content (AvgIpc) is 2.95. The van der Waals surface area contributed by atoms with Crippen LogP contribution in [0.5, 0.6) is 0 Å². The number of carbonyl (C=O) groups excluding carboxylic acids is 1. The van der Waals surface area contributed by atoms with E-state index in [-0.39, 0.29) is 18.5 Å². The zero-order valence-corrected chi connectivity index (χ0v) is 11.7. The first-order valence-corrected chi connectivity index (χ1v) is 6.71. The van der Waals surface area contributed by atoms with Crippen LogP contribution in [0, 0.1) is 11.8 Å². The summed E-state index contributed by atoms with van der Waals surface area (Å²) in [7, 11) is 1.85. The molecule has 0 spiro atoms. The van der Waals surface area contributed by atoms with Gasteiger partial charge >= 0.3 is 12.0 Å². The first-order valence-electron chi connectivity index (χ1n) is 6.71. The second-order valence-electron chi connectivity index (χ2n) is 5.29. The molecule has 2 heterocycles. The third-order valence-electron chi connectivity index (χ3n) is 3.64. The van der Waals surface area contributed by atoms with Gasteiger partial charge in [0, 0.05) is 39.3 Å². The van der Waals surface area contributed by atoms with E-state index in [1.807, 2.05) is 26.2 Å². The minimum atomic E-state index is -0.832. The molecule has 7 heteroatoms. The first kappa shape index (κ1) is 14.4. The van der Waals surface area contributed by atoms with Gasteiger partial charge in [-0.15, -0.1) is 0 Å². The normalized spacial score (nSPS) is 22.0. The number of nitrogens with one attached hydrogen (secondary N) is 1. The first-order chi connectivity index (χ1) is 9.47. The van der Waals surface area contributed by atoms with Crippen LogP contribution in [0.4, 0.5) is 4.79 Å². The molecular formula is C13H20N4O3. The molecule has 2 atom stereocenters. The average molecular weight is 280 g/mol. The number of carboxylic acid groups (broad SMARTS) is 1. The Hall–Kier alpha value is -2.05. The van der Waals surface area contributed by atoms with Gasteiger partial charge in [-0.2, -0.15) is 5.10 Å². The van der Waals surface area contributed by atoms with Crippen LogP contribution in [-0.2, 0) is 18.3 Å². The van der Waals surface area contributed by atoms with Crippen molar-refractivity contribution >= 4 is 12.0 Å². The number of urea groups is 1. The van der Waals surface area contributed by atoms with Gasteiger partial charge in [0.1, 0.15) is 0 Å². The molecule has 2 amide bonds. The van der Waals surface area contributed by atoms with Gasteiger partial charge in [0.25, 0.3) is 0 Å². The second-order valence-corrected chi connectivity index (χ2v) is 5.29. The van der Waals surface area contributed by atoms with E-state index in [4.69, 9.17) is 5.11 Å². The summed E-state index contributed by atoms with van der Waals surface area (Å²) in [5.41, 5.74) is 0.922. The molecule has 2 unspecified atom stereocenters. The van der Waals surface area contributed by atoms with Crippen molar-refractivity contribution in [3.8, 4) is 0 Å². The van der Waals surface area contributed by atoms with Crippen molar-refractivity contribution in [3.05, 3.63) is 18.0 Å². The molecule has 0 radical (unpaired) electrons. The Balaban J connectivity index is 1.77. The highest BCUT2D eigenvalue weighted by Crippen LogP contribution is 2.22. The molecule has 1 saturated heterocycles. The van der Waals surface area contributed by atoms with E-state index < -0.39 is 11.9 Å². The summed E-state index contributed by atoms with van der Waals surface area (Å²) in [6.45, 7) is 3.14. The number of amides is 2. The largest absolute Gasteiger partial charge is 0.481 e. The van der Waals surface area contributed by atoms with Crippen molar-refractivity contribution < 1.29 is 14.7 Å². The Bertz CT molecular complexity index is 500. The fraction of sp³-hybridized carbons (Fsp3) is 0.615. The lowest BCUT2D eigenvalue weighted by Crippen LogP contribution is -2.39. The summed E-state index contributed by atoms with van der Waals surface area (Å²) >= 11 is 0. The maximum Gasteiger partial charge on any atom is 0.317 e. The SMILES string of the molecule is CC1CN(C(=O)NCCc2ccn(C)n2)CC1C(=O)O. The minimum Gasteiger partial charge on any atom is -0.481 e. The van der Waals surface area contributed by atoms with Crippen LogP contribution in [0.3, 0.4) is 0 Å². The van der Waals surface area contributed by atoms with E-state index in [1.165, 1.54) is 0 Å². The van der Waals surface area contributed by atoms with Crippen molar-refractivity contribution in [1.82, 2.24) is 20.0 Å². The van der Waals surface area contributed by atoms with Crippen LogP contribution >= 0.6 is 0 Å². The van der Waals surface area contributed by atoms with Crippen LogP contribution in [0.25, 0.3) is 0 Å². The van der Waals surface area contributed by atoms with Crippen molar-refractivity contribution in [2.24, 2.45) is 18.9 Å². The monoisotopic (exact) mass is 280 g/mol. The summed E-state index contributed by atoms with van der Waals surface area (Å²) in [6, 6.07) is 1.71. The molecule has 1 aromatic rings. The molecule has 0 aromatic carbocycles. The predicted octanol–water partition coefficient (Wildman–Crippen LogP) is 0.325. The molecule has 1 aromatic heterocycles.